The lowest BCUT2D eigenvalue weighted by Crippen LogP contribution is -2.50. The average molecular weight is 613 g/mol. The minimum atomic E-state index is -4.20. The number of aliphatic hydroxyl groups excluding tert-OH is 1. The highest BCUT2D eigenvalue weighted by Crippen LogP contribution is 2.37. The van der Waals surface area contributed by atoms with E-state index in [-0.39, 0.29) is 57.3 Å². The summed E-state index contributed by atoms with van der Waals surface area (Å²) in [6.45, 7) is 6.26. The molecule has 3 atom stereocenters. The number of hydrogen-bond acceptors (Lipinski definition) is 10. The number of rotatable bonds is 9. The molecule has 0 spiro atoms. The predicted octanol–water partition coefficient (Wildman–Crippen LogP) is 2.69. The number of nitrogens with one attached hydrogen (secondary N) is 1. The lowest BCUT2D eigenvalue weighted by Gasteiger charge is -2.38. The van der Waals surface area contributed by atoms with Gasteiger partial charge in [-0.15, -0.1) is 11.3 Å². The number of fused-ring (bicyclic) bond motifs is 1. The maximum atomic E-state index is 13.7. The summed E-state index contributed by atoms with van der Waals surface area (Å²) in [5.74, 6) is -0.814. The number of ether oxygens (including phenoxy) is 1. The van der Waals surface area contributed by atoms with Gasteiger partial charge in [-0.2, -0.15) is 4.31 Å². The summed E-state index contributed by atoms with van der Waals surface area (Å²) in [6, 6.07) is 7.07. The number of likely N-dealkylation sites (N-methyl/N-ethyl adjacent to an activating group) is 1. The summed E-state index contributed by atoms with van der Waals surface area (Å²) in [5, 5.41) is 15.3. The van der Waals surface area contributed by atoms with Crippen molar-refractivity contribution in [2.24, 2.45) is 5.92 Å². The van der Waals surface area contributed by atoms with Gasteiger partial charge in [-0.05, 0) is 44.4 Å². The normalized spacial score (nSPS) is 19.1. The SMILES string of the molecule is Cc1noc(C)c1S(=O)(=O)Nc1cccc2c1O[C@H](CN(C)S(=O)(=O)c1cccs1)[C@H](C)CN([C@@H](C)CO)C2=O. The molecule has 40 heavy (non-hydrogen) atoms. The quantitative estimate of drug-likeness (QED) is 0.370. The zero-order valence-electron chi connectivity index (χ0n) is 22.7. The number of amides is 1. The van der Waals surface area contributed by atoms with Crippen LogP contribution in [0.2, 0.25) is 0 Å². The van der Waals surface area contributed by atoms with Crippen molar-refractivity contribution < 1.29 is 36.0 Å². The largest absolute Gasteiger partial charge is 0.486 e. The number of hydrogen-bond donors (Lipinski definition) is 2. The number of aryl methyl sites for hydroxylation is 2. The third-order valence-corrected chi connectivity index (χ3v) is 11.6. The number of carbonyl (C=O) groups excluding carboxylic acids is 1. The van der Waals surface area contributed by atoms with E-state index in [1.807, 2.05) is 6.92 Å². The molecular formula is C25H32N4O8S3. The van der Waals surface area contributed by atoms with Gasteiger partial charge < -0.3 is 19.3 Å². The van der Waals surface area contributed by atoms with Gasteiger partial charge in [0.2, 0.25) is 0 Å². The number of anilines is 1. The summed E-state index contributed by atoms with van der Waals surface area (Å²) in [6.07, 6.45) is -0.787. The molecule has 3 aromatic rings. The highest BCUT2D eigenvalue weighted by Gasteiger charge is 2.37. The number of benzene rings is 1. The van der Waals surface area contributed by atoms with Crippen molar-refractivity contribution in [2.75, 3.05) is 31.5 Å². The number of nitrogens with zero attached hydrogens (tertiary/aromatic N) is 3. The van der Waals surface area contributed by atoms with Crippen molar-refractivity contribution >= 4 is 43.0 Å². The molecule has 0 bridgehead atoms. The Labute approximate surface area is 237 Å². The van der Waals surface area contributed by atoms with Gasteiger partial charge in [0.15, 0.2) is 16.4 Å². The summed E-state index contributed by atoms with van der Waals surface area (Å²) in [4.78, 5) is 15.0. The van der Waals surface area contributed by atoms with Gasteiger partial charge >= 0.3 is 0 Å². The molecule has 2 N–H and O–H groups in total. The van der Waals surface area contributed by atoms with E-state index in [1.165, 1.54) is 54.4 Å². The van der Waals surface area contributed by atoms with Crippen LogP contribution in [0.25, 0.3) is 0 Å². The van der Waals surface area contributed by atoms with Crippen molar-refractivity contribution in [1.82, 2.24) is 14.4 Å². The maximum absolute atomic E-state index is 13.7. The van der Waals surface area contributed by atoms with Crippen molar-refractivity contribution in [1.29, 1.82) is 0 Å². The fourth-order valence-electron chi connectivity index (χ4n) is 4.51. The molecule has 0 fully saturated rings. The summed E-state index contributed by atoms with van der Waals surface area (Å²) in [7, 11) is -6.58. The molecule has 1 amide bonds. The Kier molecular flexibility index (Phi) is 8.61. The highest BCUT2D eigenvalue weighted by atomic mass is 32.2. The first-order valence-electron chi connectivity index (χ1n) is 12.4. The predicted molar refractivity (Wildman–Crippen MR) is 149 cm³/mol. The van der Waals surface area contributed by atoms with Crippen molar-refractivity contribution in [3.05, 3.63) is 52.7 Å². The zero-order valence-corrected chi connectivity index (χ0v) is 25.1. The van der Waals surface area contributed by atoms with E-state index in [0.29, 0.717) is 0 Å². The van der Waals surface area contributed by atoms with Gasteiger partial charge in [-0.25, -0.2) is 16.8 Å². The van der Waals surface area contributed by atoms with E-state index in [4.69, 9.17) is 9.26 Å². The summed E-state index contributed by atoms with van der Waals surface area (Å²) < 4.78 is 68.3. The standard InChI is InChI=1S/C25H32N4O8S3/c1-15-12-29(16(2)14-30)25(31)19-8-6-9-20(27-39(32,33)24-17(3)26-37-18(24)4)23(19)36-21(15)13-28(5)40(34,35)22-10-7-11-38-22/h6-11,15-16,21,27,30H,12-14H2,1-5H3/t15-,16+,21-/m1/s1. The number of carbonyl (C=O) groups is 1. The molecule has 2 aromatic heterocycles. The van der Waals surface area contributed by atoms with E-state index in [1.54, 1.807) is 18.4 Å². The van der Waals surface area contributed by atoms with Crippen LogP contribution >= 0.6 is 11.3 Å². The van der Waals surface area contributed by atoms with E-state index in [2.05, 4.69) is 9.88 Å². The first kappa shape index (κ1) is 30.0. The van der Waals surface area contributed by atoms with Crippen LogP contribution in [0.3, 0.4) is 0 Å². The second-order valence-electron chi connectivity index (χ2n) is 9.78. The summed E-state index contributed by atoms with van der Waals surface area (Å²) in [5.41, 5.74) is 0.223. The van der Waals surface area contributed by atoms with Crippen molar-refractivity contribution in [3.8, 4) is 5.75 Å². The van der Waals surface area contributed by atoms with Gasteiger partial charge in [-0.1, -0.05) is 24.2 Å². The zero-order chi connectivity index (χ0) is 29.4. The van der Waals surface area contributed by atoms with Gasteiger partial charge in [0.05, 0.1) is 30.4 Å². The number of thiophene rings is 1. The van der Waals surface area contributed by atoms with Gasteiger partial charge in [0, 0.05) is 19.5 Å². The molecule has 0 saturated heterocycles. The van der Waals surface area contributed by atoms with Crippen LogP contribution in [0.1, 0.15) is 35.7 Å². The third-order valence-electron chi connectivity index (χ3n) is 6.77. The molecular weight excluding hydrogens is 580 g/mol. The van der Waals surface area contributed by atoms with Crippen LogP contribution in [-0.4, -0.2) is 81.1 Å². The van der Waals surface area contributed by atoms with E-state index in [9.17, 15) is 26.7 Å². The third kappa shape index (κ3) is 5.74. The lowest BCUT2D eigenvalue weighted by atomic mass is 9.99. The van der Waals surface area contributed by atoms with E-state index >= 15 is 0 Å². The van der Waals surface area contributed by atoms with Crippen LogP contribution < -0.4 is 9.46 Å². The molecule has 15 heteroatoms. The Bertz CT molecular complexity index is 1570. The average Bonchev–Trinajstić information content (AvgIpc) is 3.56. The minimum absolute atomic E-state index is 0.00896. The van der Waals surface area contributed by atoms with Crippen LogP contribution in [0.4, 0.5) is 5.69 Å². The maximum Gasteiger partial charge on any atom is 0.267 e. The Morgan fingerprint density at radius 1 is 1.23 bits per heavy atom. The van der Waals surface area contributed by atoms with Crippen LogP contribution in [0.5, 0.6) is 5.75 Å². The molecule has 0 radical (unpaired) electrons. The molecule has 3 heterocycles. The molecule has 1 aliphatic rings. The van der Waals surface area contributed by atoms with E-state index in [0.717, 1.165) is 11.3 Å². The van der Waals surface area contributed by atoms with Gasteiger partial charge in [-0.3, -0.25) is 9.52 Å². The first-order chi connectivity index (χ1) is 18.8. The highest BCUT2D eigenvalue weighted by molar-refractivity contribution is 7.92. The molecule has 0 aliphatic carbocycles. The van der Waals surface area contributed by atoms with Crippen LogP contribution in [0.15, 0.2) is 49.3 Å². The summed E-state index contributed by atoms with van der Waals surface area (Å²) >= 11 is 1.09. The monoisotopic (exact) mass is 612 g/mol. The number of sulfonamides is 2. The van der Waals surface area contributed by atoms with Gasteiger partial charge in [0.25, 0.3) is 26.0 Å². The van der Waals surface area contributed by atoms with Crippen LogP contribution in [-0.2, 0) is 20.0 Å². The smallest absolute Gasteiger partial charge is 0.267 e. The molecule has 0 saturated carbocycles. The van der Waals surface area contributed by atoms with Gasteiger partial charge in [0.1, 0.15) is 16.0 Å². The Morgan fingerprint density at radius 2 is 1.95 bits per heavy atom. The molecule has 1 aliphatic heterocycles. The second kappa shape index (κ2) is 11.5. The number of aromatic nitrogens is 1. The van der Waals surface area contributed by atoms with Crippen molar-refractivity contribution in [3.63, 3.8) is 0 Å². The molecule has 1 aromatic carbocycles. The van der Waals surface area contributed by atoms with Crippen molar-refractivity contribution in [2.45, 2.75) is 48.9 Å². The first-order valence-corrected chi connectivity index (χ1v) is 16.2. The number of aliphatic hydroxyl groups is 1. The molecule has 0 unspecified atom stereocenters. The number of para-hydroxylation sites is 1. The Balaban J connectivity index is 1.79. The van der Waals surface area contributed by atoms with Crippen LogP contribution in [0, 0.1) is 19.8 Å². The molecule has 218 valence electrons. The fraction of sp³-hybridized carbons (Fsp3) is 0.440. The van der Waals surface area contributed by atoms with E-state index < -0.39 is 44.0 Å². The lowest BCUT2D eigenvalue weighted by molar-refractivity contribution is 0.0389. The molecule has 4 rings (SSSR count). The minimum Gasteiger partial charge on any atom is -0.486 e. The second-order valence-corrected chi connectivity index (χ2v) is 14.6. The fourth-order valence-corrected chi connectivity index (χ4v) is 8.29. The Morgan fingerprint density at radius 3 is 2.55 bits per heavy atom. The Hall–Kier alpha value is -2.98. The molecule has 12 nitrogen and oxygen atoms in total. The topological polar surface area (TPSA) is 159 Å².